The summed E-state index contributed by atoms with van der Waals surface area (Å²) >= 11 is 0. The molecule has 1 fully saturated rings. The number of amidine groups is 1. The molecule has 0 aliphatic carbocycles. The minimum atomic E-state index is -3.37. The molecule has 1 amide bonds. The van der Waals surface area contributed by atoms with E-state index in [-0.39, 0.29) is 29.2 Å². The van der Waals surface area contributed by atoms with Gasteiger partial charge in [-0.15, -0.1) is 4.40 Å². The summed E-state index contributed by atoms with van der Waals surface area (Å²) in [5.74, 6) is -0.297. The van der Waals surface area contributed by atoms with Crippen LogP contribution < -0.4 is 15.2 Å². The van der Waals surface area contributed by atoms with E-state index in [2.05, 4.69) is 9.12 Å². The lowest BCUT2D eigenvalue weighted by atomic mass is 9.98. The fraction of sp³-hybridized carbons (Fsp3) is 0.300. The zero-order valence-corrected chi connectivity index (χ0v) is 17.4. The number of piperidine rings is 1. The van der Waals surface area contributed by atoms with Crippen LogP contribution in [0.15, 0.2) is 40.8 Å². The molecular weight excluding hydrogens is 424 g/mol. The Morgan fingerprint density at radius 2 is 2.06 bits per heavy atom. The molecule has 4 rings (SSSR count). The Balaban J connectivity index is 1.43. The first-order valence-electron chi connectivity index (χ1n) is 9.72. The number of nitrogens with zero attached hydrogens (tertiary/aromatic N) is 2. The number of likely N-dealkylation sites (tertiary alicyclic amines) is 1. The van der Waals surface area contributed by atoms with E-state index in [1.807, 2.05) is 0 Å². The molecule has 7 N–H and O–H groups in total. The van der Waals surface area contributed by atoms with Gasteiger partial charge in [0.05, 0.1) is 17.9 Å². The van der Waals surface area contributed by atoms with Gasteiger partial charge in [-0.1, -0.05) is 6.07 Å². The Hall–Kier alpha value is -3.15. The Kier molecular flexibility index (Phi) is 5.56. The molecule has 0 saturated carbocycles. The second-order valence-electron chi connectivity index (χ2n) is 7.55. The minimum Gasteiger partial charge on any atom is -0.504 e. The number of carbonyl (C=O) groups excluding carboxylic acids is 1. The fourth-order valence-electron chi connectivity index (χ4n) is 3.79. The highest BCUT2D eigenvalue weighted by molar-refractivity contribution is 8.24. The zero-order valence-electron chi connectivity index (χ0n) is 16.6. The first kappa shape index (κ1) is 21.1. The quantitative estimate of drug-likeness (QED) is 0.389. The number of rotatable bonds is 4. The molecule has 1 saturated heterocycles. The second kappa shape index (κ2) is 8.17. The first-order valence-corrected chi connectivity index (χ1v) is 11.2. The van der Waals surface area contributed by atoms with Gasteiger partial charge in [0.25, 0.3) is 5.91 Å². The van der Waals surface area contributed by atoms with Crippen LogP contribution in [0.4, 0.5) is 5.69 Å². The third-order valence-electron chi connectivity index (χ3n) is 5.26. The molecule has 1 atom stereocenters. The molecule has 11 heteroatoms. The molecule has 0 bridgehead atoms. The average molecular weight is 449 g/mol. The van der Waals surface area contributed by atoms with Gasteiger partial charge in [-0.3, -0.25) is 18.6 Å². The number of fused-ring (bicyclic) bond motifs is 1. The Morgan fingerprint density at radius 3 is 2.84 bits per heavy atom. The van der Waals surface area contributed by atoms with Gasteiger partial charge in [0, 0.05) is 24.6 Å². The van der Waals surface area contributed by atoms with Crippen LogP contribution in [0, 0.1) is 5.92 Å². The lowest BCUT2D eigenvalue weighted by molar-refractivity contribution is 0.0633. The van der Waals surface area contributed by atoms with E-state index in [0.29, 0.717) is 42.3 Å². The van der Waals surface area contributed by atoms with Crippen LogP contribution in [0.2, 0.25) is 0 Å². The van der Waals surface area contributed by atoms with Gasteiger partial charge < -0.3 is 25.6 Å². The van der Waals surface area contributed by atoms with Crippen molar-refractivity contribution in [2.75, 3.05) is 24.4 Å². The molecule has 2 aliphatic rings. The van der Waals surface area contributed by atoms with Gasteiger partial charge >= 0.3 is 0 Å². The molecular formula is C20H24N4O6S. The van der Waals surface area contributed by atoms with Crippen molar-refractivity contribution in [3.8, 4) is 17.2 Å². The lowest BCUT2D eigenvalue weighted by Crippen LogP contribution is -2.41. The summed E-state index contributed by atoms with van der Waals surface area (Å²) in [4.78, 5) is 14.5. The number of aromatic hydroxyl groups is 2. The van der Waals surface area contributed by atoms with Crippen LogP contribution in [0.3, 0.4) is 0 Å². The molecule has 0 aromatic heterocycles. The summed E-state index contributed by atoms with van der Waals surface area (Å²) in [5.41, 5.74) is 7.13. The van der Waals surface area contributed by atoms with E-state index < -0.39 is 11.0 Å². The van der Waals surface area contributed by atoms with Crippen LogP contribution in [0.1, 0.15) is 28.8 Å². The number of benzene rings is 2. The van der Waals surface area contributed by atoms with Crippen molar-refractivity contribution in [2.24, 2.45) is 16.0 Å². The molecule has 0 spiro atoms. The number of hydrogen-bond acceptors (Lipinski definition) is 9. The summed E-state index contributed by atoms with van der Waals surface area (Å²) in [6, 6.07) is 9.13. The maximum Gasteiger partial charge on any atom is 0.254 e. The van der Waals surface area contributed by atoms with Crippen LogP contribution >= 0.6 is 11.0 Å². The van der Waals surface area contributed by atoms with E-state index in [9.17, 15) is 24.1 Å². The van der Waals surface area contributed by atoms with E-state index in [1.54, 1.807) is 23.1 Å². The van der Waals surface area contributed by atoms with E-state index in [4.69, 9.17) is 10.5 Å². The highest BCUT2D eigenvalue weighted by atomic mass is 32.3. The predicted octanol–water partition coefficient (Wildman–Crippen LogP) is 2.74. The molecule has 2 heterocycles. The second-order valence-corrected chi connectivity index (χ2v) is 8.97. The summed E-state index contributed by atoms with van der Waals surface area (Å²) < 4.78 is 31.8. The maximum atomic E-state index is 12.8. The number of nitrogens with two attached hydrogens (primary N) is 1. The molecule has 2 aromatic rings. The molecule has 2 aliphatic heterocycles. The number of phenolic OH excluding ortho intramolecular Hbond substituents is 2. The fourth-order valence-corrected chi connectivity index (χ4v) is 4.66. The van der Waals surface area contributed by atoms with Crippen molar-refractivity contribution in [2.45, 2.75) is 12.8 Å². The third kappa shape index (κ3) is 4.48. The Bertz CT molecular complexity index is 1040. The molecule has 2 aromatic carbocycles. The summed E-state index contributed by atoms with van der Waals surface area (Å²) in [7, 11) is -3.37. The van der Waals surface area contributed by atoms with E-state index in [0.717, 1.165) is 12.8 Å². The minimum absolute atomic E-state index is 0.0167. The van der Waals surface area contributed by atoms with Gasteiger partial charge in [-0.25, -0.2) is 0 Å². The van der Waals surface area contributed by atoms with Crippen LogP contribution in [-0.4, -0.2) is 55.7 Å². The topological polar surface area (TPSA) is 161 Å². The number of phenols is 2. The van der Waals surface area contributed by atoms with Crippen molar-refractivity contribution in [1.82, 2.24) is 4.90 Å². The molecule has 31 heavy (non-hydrogen) atoms. The van der Waals surface area contributed by atoms with Crippen molar-refractivity contribution < 1.29 is 28.8 Å². The largest absolute Gasteiger partial charge is 0.504 e. The van der Waals surface area contributed by atoms with Gasteiger partial charge in [-0.2, -0.15) is 0 Å². The number of hydrogen-bond donors (Lipinski definition) is 6. The van der Waals surface area contributed by atoms with Crippen molar-refractivity contribution >= 4 is 28.4 Å². The summed E-state index contributed by atoms with van der Waals surface area (Å²) in [5, 5.41) is 19.1. The Labute approximate surface area is 180 Å². The zero-order chi connectivity index (χ0) is 22.2. The summed E-state index contributed by atoms with van der Waals surface area (Å²) in [6.45, 7) is 1.42. The number of ether oxygens (including phenoxy) is 1. The number of nitrogens with one attached hydrogen (secondary N) is 1. The van der Waals surface area contributed by atoms with Crippen molar-refractivity contribution in [3.63, 3.8) is 0 Å². The average Bonchev–Trinajstić information content (AvgIpc) is 2.72. The van der Waals surface area contributed by atoms with Gasteiger partial charge in [0.15, 0.2) is 17.3 Å². The van der Waals surface area contributed by atoms with Crippen LogP contribution in [-0.2, 0) is 0 Å². The van der Waals surface area contributed by atoms with E-state index in [1.165, 1.54) is 18.2 Å². The van der Waals surface area contributed by atoms with Crippen molar-refractivity contribution in [1.29, 1.82) is 0 Å². The number of anilines is 1. The van der Waals surface area contributed by atoms with Crippen LogP contribution in [0.5, 0.6) is 17.2 Å². The van der Waals surface area contributed by atoms with Crippen LogP contribution in [0.25, 0.3) is 0 Å². The van der Waals surface area contributed by atoms with E-state index >= 15 is 0 Å². The smallest absolute Gasteiger partial charge is 0.254 e. The van der Waals surface area contributed by atoms with Crippen molar-refractivity contribution in [3.05, 3.63) is 47.5 Å². The predicted molar refractivity (Wildman–Crippen MR) is 118 cm³/mol. The standard InChI is InChI=1S/C20H24N4O6S/c21-19-18-14(22-31(28,29)23-19)4-1-5-17(18)30-11-12-3-2-8-24(10-12)20(27)13-6-7-15(25)16(26)9-13/h1,4-7,9,12,22,25-26,28-29H,2-3,8,10-11H2,(H2,21,23). The van der Waals surface area contributed by atoms with Gasteiger partial charge in [-0.05, 0) is 54.1 Å². The number of amides is 1. The molecule has 10 nitrogen and oxygen atoms in total. The highest BCUT2D eigenvalue weighted by Crippen LogP contribution is 2.46. The maximum absolute atomic E-state index is 12.8. The summed E-state index contributed by atoms with van der Waals surface area (Å²) in [6.07, 6.45) is 1.69. The number of carbonyl (C=O) groups is 1. The first-order chi connectivity index (χ1) is 14.7. The lowest BCUT2D eigenvalue weighted by Gasteiger charge is -2.34. The monoisotopic (exact) mass is 448 g/mol. The molecule has 0 radical (unpaired) electrons. The molecule has 1 unspecified atom stereocenters. The van der Waals surface area contributed by atoms with Gasteiger partial charge in [0.1, 0.15) is 5.75 Å². The Morgan fingerprint density at radius 1 is 1.26 bits per heavy atom. The third-order valence-corrected chi connectivity index (χ3v) is 6.20. The molecule has 166 valence electrons. The SMILES string of the molecule is NC1=NS(O)(O)Nc2cccc(OCC3CCCN(C(=O)c4ccc(O)c(O)c4)C3)c21. The normalized spacial score (nSPS) is 20.8. The highest BCUT2D eigenvalue weighted by Gasteiger charge is 2.28. The van der Waals surface area contributed by atoms with Gasteiger partial charge in [0.2, 0.25) is 0 Å².